The molecule has 0 atom stereocenters. The molecule has 1 aromatic carbocycles. The quantitative estimate of drug-likeness (QED) is 0.591. The molecule has 2 aromatic rings. The van der Waals surface area contributed by atoms with Crippen LogP contribution in [0.1, 0.15) is 26.2 Å². The van der Waals surface area contributed by atoms with Crippen LogP contribution in [0, 0.1) is 0 Å². The van der Waals surface area contributed by atoms with Crippen LogP contribution in [0.2, 0.25) is 0 Å². The van der Waals surface area contributed by atoms with Crippen molar-refractivity contribution < 1.29 is 13.9 Å². The summed E-state index contributed by atoms with van der Waals surface area (Å²) in [5, 5.41) is 0.767. The highest BCUT2D eigenvalue weighted by molar-refractivity contribution is 5.84. The van der Waals surface area contributed by atoms with Crippen LogP contribution in [-0.2, 0) is 0 Å². The number of hydrogen-bond donors (Lipinski definition) is 0. The van der Waals surface area contributed by atoms with Gasteiger partial charge in [-0.2, -0.15) is 0 Å². The first-order chi connectivity index (χ1) is 9.24. The van der Waals surface area contributed by atoms with Gasteiger partial charge >= 0.3 is 5.63 Å². The van der Waals surface area contributed by atoms with E-state index >= 15 is 0 Å². The van der Waals surface area contributed by atoms with Crippen molar-refractivity contribution in [2.24, 2.45) is 0 Å². The van der Waals surface area contributed by atoms with Crippen molar-refractivity contribution in [3.8, 4) is 11.5 Å². The molecule has 102 valence electrons. The minimum Gasteiger partial charge on any atom is -0.496 e. The first-order valence-corrected chi connectivity index (χ1v) is 6.49. The fraction of sp³-hybridized carbons (Fsp3) is 0.400. The van der Waals surface area contributed by atoms with Crippen molar-refractivity contribution in [2.45, 2.75) is 26.2 Å². The molecular weight excluding hydrogens is 244 g/mol. The average Bonchev–Trinajstić information content (AvgIpc) is 2.42. The molecule has 19 heavy (non-hydrogen) atoms. The van der Waals surface area contributed by atoms with Crippen molar-refractivity contribution in [3.63, 3.8) is 0 Å². The highest BCUT2D eigenvalue weighted by atomic mass is 16.5. The molecule has 0 unspecified atom stereocenters. The summed E-state index contributed by atoms with van der Waals surface area (Å²) in [5.74, 6) is 1.23. The Kier molecular flexibility index (Phi) is 4.44. The number of benzene rings is 1. The summed E-state index contributed by atoms with van der Waals surface area (Å²) in [6.07, 6.45) is 3.33. The zero-order chi connectivity index (χ0) is 13.7. The fourth-order valence-corrected chi connectivity index (χ4v) is 1.91. The van der Waals surface area contributed by atoms with Crippen LogP contribution >= 0.6 is 0 Å². The van der Waals surface area contributed by atoms with E-state index in [0.29, 0.717) is 23.7 Å². The summed E-state index contributed by atoms with van der Waals surface area (Å²) in [6.45, 7) is 2.82. The smallest absolute Gasteiger partial charge is 0.339 e. The zero-order valence-corrected chi connectivity index (χ0v) is 11.3. The van der Waals surface area contributed by atoms with Crippen LogP contribution in [0.5, 0.6) is 11.5 Å². The first kappa shape index (κ1) is 13.5. The highest BCUT2D eigenvalue weighted by Gasteiger charge is 2.07. The van der Waals surface area contributed by atoms with Crippen LogP contribution < -0.4 is 15.1 Å². The Morgan fingerprint density at radius 1 is 1.21 bits per heavy atom. The first-order valence-electron chi connectivity index (χ1n) is 6.49. The number of unbranched alkanes of at least 4 members (excludes halogenated alkanes) is 2. The average molecular weight is 262 g/mol. The lowest BCUT2D eigenvalue weighted by Gasteiger charge is -2.08. The molecule has 0 bridgehead atoms. The predicted molar refractivity (Wildman–Crippen MR) is 74.1 cm³/mol. The zero-order valence-electron chi connectivity index (χ0n) is 11.3. The van der Waals surface area contributed by atoms with E-state index in [1.807, 2.05) is 12.1 Å². The number of methoxy groups -OCH3 is 1. The second-order valence-electron chi connectivity index (χ2n) is 4.35. The van der Waals surface area contributed by atoms with Gasteiger partial charge in [0.15, 0.2) is 0 Å². The number of rotatable bonds is 6. The summed E-state index contributed by atoms with van der Waals surface area (Å²) >= 11 is 0. The van der Waals surface area contributed by atoms with Crippen LogP contribution in [0.3, 0.4) is 0 Å². The third kappa shape index (κ3) is 3.28. The molecule has 2 rings (SSSR count). The van der Waals surface area contributed by atoms with E-state index in [1.54, 1.807) is 6.07 Å². The molecule has 1 heterocycles. The number of fused-ring (bicyclic) bond motifs is 1. The molecule has 0 N–H and O–H groups in total. The molecule has 0 radical (unpaired) electrons. The van der Waals surface area contributed by atoms with E-state index in [4.69, 9.17) is 13.9 Å². The van der Waals surface area contributed by atoms with Gasteiger partial charge in [0, 0.05) is 6.07 Å². The predicted octanol–water partition coefficient (Wildman–Crippen LogP) is 3.37. The van der Waals surface area contributed by atoms with Gasteiger partial charge in [0.2, 0.25) is 0 Å². The minimum atomic E-state index is -0.424. The molecule has 0 aliphatic heterocycles. The molecular formula is C15H18O4. The SMILES string of the molecule is CCCCCOc1ccc2c(OC)cc(=O)oc2c1. The van der Waals surface area contributed by atoms with Gasteiger partial charge in [-0.15, -0.1) is 0 Å². The van der Waals surface area contributed by atoms with E-state index < -0.39 is 5.63 Å². The van der Waals surface area contributed by atoms with Gasteiger partial charge in [0.05, 0.1) is 25.2 Å². The number of hydrogen-bond acceptors (Lipinski definition) is 4. The highest BCUT2D eigenvalue weighted by Crippen LogP contribution is 2.27. The summed E-state index contributed by atoms with van der Waals surface area (Å²) < 4.78 is 15.9. The Bertz CT molecular complexity index is 601. The van der Waals surface area contributed by atoms with Gasteiger partial charge in [0.25, 0.3) is 0 Å². The van der Waals surface area contributed by atoms with Gasteiger partial charge in [-0.25, -0.2) is 4.79 Å². The molecule has 0 aliphatic carbocycles. The van der Waals surface area contributed by atoms with Gasteiger partial charge in [-0.1, -0.05) is 19.8 Å². The molecule has 0 fully saturated rings. The molecule has 0 aliphatic rings. The van der Waals surface area contributed by atoms with Gasteiger partial charge in [-0.05, 0) is 18.6 Å². The van der Waals surface area contributed by atoms with Gasteiger partial charge in [0.1, 0.15) is 17.1 Å². The van der Waals surface area contributed by atoms with Crippen LogP contribution in [0.25, 0.3) is 11.0 Å². The Balaban J connectivity index is 2.23. The Morgan fingerprint density at radius 2 is 2.05 bits per heavy atom. The Labute approximate surface area is 111 Å². The normalized spacial score (nSPS) is 10.6. The van der Waals surface area contributed by atoms with Crippen molar-refractivity contribution in [1.82, 2.24) is 0 Å². The summed E-state index contributed by atoms with van der Waals surface area (Å²) in [6, 6.07) is 6.76. The standard InChI is InChI=1S/C15H18O4/c1-3-4-5-8-18-11-6-7-12-13(17-2)10-15(16)19-14(12)9-11/h6-7,9-10H,3-5,8H2,1-2H3. The third-order valence-electron chi connectivity index (χ3n) is 2.91. The largest absolute Gasteiger partial charge is 0.496 e. The van der Waals surface area contributed by atoms with E-state index in [0.717, 1.165) is 24.6 Å². The molecule has 0 saturated carbocycles. The summed E-state index contributed by atoms with van der Waals surface area (Å²) in [4.78, 5) is 11.4. The van der Waals surface area contributed by atoms with Crippen molar-refractivity contribution in [2.75, 3.05) is 13.7 Å². The summed E-state index contributed by atoms with van der Waals surface area (Å²) in [7, 11) is 1.53. The molecule has 4 heteroatoms. The molecule has 0 spiro atoms. The van der Waals surface area contributed by atoms with E-state index in [9.17, 15) is 4.79 Å². The lowest BCUT2D eigenvalue weighted by Crippen LogP contribution is -2.00. The fourth-order valence-electron chi connectivity index (χ4n) is 1.91. The van der Waals surface area contributed by atoms with Gasteiger partial charge < -0.3 is 13.9 Å². The summed E-state index contributed by atoms with van der Waals surface area (Å²) in [5.41, 5.74) is 0.0600. The second kappa shape index (κ2) is 6.27. The maximum Gasteiger partial charge on any atom is 0.339 e. The Hall–Kier alpha value is -1.97. The van der Waals surface area contributed by atoms with Crippen LogP contribution in [-0.4, -0.2) is 13.7 Å². The topological polar surface area (TPSA) is 48.7 Å². The monoisotopic (exact) mass is 262 g/mol. The van der Waals surface area contributed by atoms with E-state index in [1.165, 1.54) is 13.2 Å². The van der Waals surface area contributed by atoms with Crippen molar-refractivity contribution in [3.05, 3.63) is 34.7 Å². The molecule has 0 saturated heterocycles. The maximum absolute atomic E-state index is 11.4. The molecule has 0 amide bonds. The van der Waals surface area contributed by atoms with Crippen molar-refractivity contribution in [1.29, 1.82) is 0 Å². The van der Waals surface area contributed by atoms with Crippen LogP contribution in [0.4, 0.5) is 0 Å². The van der Waals surface area contributed by atoms with Crippen LogP contribution in [0.15, 0.2) is 33.5 Å². The molecule has 1 aromatic heterocycles. The maximum atomic E-state index is 11.4. The lowest BCUT2D eigenvalue weighted by atomic mass is 10.2. The lowest BCUT2D eigenvalue weighted by molar-refractivity contribution is 0.306. The Morgan fingerprint density at radius 3 is 2.79 bits per heavy atom. The second-order valence-corrected chi connectivity index (χ2v) is 4.35. The number of ether oxygens (including phenoxy) is 2. The molecule has 4 nitrogen and oxygen atoms in total. The van der Waals surface area contributed by atoms with Crippen molar-refractivity contribution >= 4 is 11.0 Å². The third-order valence-corrected chi connectivity index (χ3v) is 2.91. The van der Waals surface area contributed by atoms with E-state index in [2.05, 4.69) is 6.92 Å². The minimum absolute atomic E-state index is 0.424. The van der Waals surface area contributed by atoms with E-state index in [-0.39, 0.29) is 0 Å². The van der Waals surface area contributed by atoms with Gasteiger partial charge in [-0.3, -0.25) is 0 Å².